The number of hydrogen-bond acceptors (Lipinski definition) is 3. The van der Waals surface area contributed by atoms with Crippen LogP contribution in [0.15, 0.2) is 23.4 Å². The van der Waals surface area contributed by atoms with Crippen LogP contribution in [0.2, 0.25) is 0 Å². The van der Waals surface area contributed by atoms with E-state index < -0.39 is 8.80 Å². The third-order valence-electron chi connectivity index (χ3n) is 2.90. The van der Waals surface area contributed by atoms with Crippen molar-refractivity contribution in [3.8, 4) is 0 Å². The van der Waals surface area contributed by atoms with Crippen molar-refractivity contribution in [2.75, 3.05) is 19.8 Å². The van der Waals surface area contributed by atoms with Crippen LogP contribution in [0.3, 0.4) is 0 Å². The second-order valence-corrected chi connectivity index (χ2v) is 7.38. The Morgan fingerprint density at radius 3 is 1.84 bits per heavy atom. The van der Waals surface area contributed by atoms with Gasteiger partial charge in [0, 0.05) is 25.0 Å². The summed E-state index contributed by atoms with van der Waals surface area (Å²) in [6, 6.07) is 0. The van der Waals surface area contributed by atoms with Gasteiger partial charge in [-0.1, -0.05) is 39.0 Å². The molecule has 0 spiro atoms. The molecule has 0 atom stereocenters. The second-order valence-electron chi connectivity index (χ2n) is 4.76. The molecule has 0 aromatic rings. The molecule has 110 valence electrons. The van der Waals surface area contributed by atoms with E-state index in [2.05, 4.69) is 39.0 Å². The highest BCUT2D eigenvalue weighted by molar-refractivity contribution is 6.68. The van der Waals surface area contributed by atoms with Crippen LogP contribution in [-0.4, -0.2) is 28.6 Å². The summed E-state index contributed by atoms with van der Waals surface area (Å²) < 4.78 is 18.3. The maximum Gasteiger partial charge on any atom is 0.533 e. The molecule has 0 amide bonds. The Labute approximate surface area is 119 Å². The molecule has 0 heterocycles. The molecule has 0 saturated heterocycles. The smallest absolute Gasteiger partial charge is 0.370 e. The van der Waals surface area contributed by atoms with Crippen molar-refractivity contribution in [2.24, 2.45) is 0 Å². The van der Waals surface area contributed by atoms with Crippen LogP contribution in [0, 0.1) is 0 Å². The van der Waals surface area contributed by atoms with Crippen molar-refractivity contribution >= 4 is 8.80 Å². The van der Waals surface area contributed by atoms with E-state index in [4.69, 9.17) is 13.3 Å². The van der Waals surface area contributed by atoms with Gasteiger partial charge in [0.25, 0.3) is 0 Å². The molecule has 4 heteroatoms. The first kappa shape index (κ1) is 16.6. The average molecular weight is 284 g/mol. The molecule has 0 unspecified atom stereocenters. The Kier molecular flexibility index (Phi) is 8.29. The fraction of sp³-hybridized carbons (Fsp3) is 0.733. The van der Waals surface area contributed by atoms with Crippen LogP contribution < -0.4 is 0 Å². The largest absolute Gasteiger partial charge is 0.533 e. The summed E-state index contributed by atoms with van der Waals surface area (Å²) in [6.07, 6.45) is 11.4. The number of hydrogen-bond donors (Lipinski definition) is 0. The van der Waals surface area contributed by atoms with Gasteiger partial charge in [-0.2, -0.15) is 0 Å². The second kappa shape index (κ2) is 9.48. The molecule has 3 nitrogen and oxygen atoms in total. The summed E-state index contributed by atoms with van der Waals surface area (Å²) in [7, 11) is -2.65. The van der Waals surface area contributed by atoms with Crippen molar-refractivity contribution in [1.82, 2.24) is 0 Å². The average Bonchev–Trinajstić information content (AvgIpc) is 2.48. The van der Waals surface area contributed by atoms with Crippen LogP contribution >= 0.6 is 0 Å². The standard InChI is InChI=1S/C15H28O3Si/c1-4-12-16-19(17-13-5-2,18-14-6-3)15-10-8-7-9-11-15/h7-8,10H,4-6,9,11-14H2,1-3H3. The van der Waals surface area contributed by atoms with Crippen molar-refractivity contribution in [3.63, 3.8) is 0 Å². The van der Waals surface area contributed by atoms with Gasteiger partial charge in [-0.25, -0.2) is 0 Å². The van der Waals surface area contributed by atoms with Gasteiger partial charge in [0.1, 0.15) is 0 Å². The molecule has 0 aliphatic heterocycles. The van der Waals surface area contributed by atoms with Crippen molar-refractivity contribution in [2.45, 2.75) is 52.9 Å². The maximum atomic E-state index is 6.11. The Morgan fingerprint density at radius 2 is 1.47 bits per heavy atom. The first-order valence-electron chi connectivity index (χ1n) is 7.57. The van der Waals surface area contributed by atoms with E-state index in [1.807, 2.05) is 0 Å². The molecular formula is C15H28O3Si. The normalized spacial score (nSPS) is 15.6. The lowest BCUT2D eigenvalue weighted by atomic mass is 10.2. The molecule has 1 aliphatic rings. The predicted molar refractivity (Wildman–Crippen MR) is 80.9 cm³/mol. The zero-order chi connectivity index (χ0) is 14.0. The van der Waals surface area contributed by atoms with E-state index in [1.54, 1.807) is 0 Å². The molecule has 0 aromatic carbocycles. The molecule has 1 rings (SSSR count). The Balaban J connectivity index is 2.86. The quantitative estimate of drug-likeness (QED) is 0.567. The van der Waals surface area contributed by atoms with Crippen LogP contribution in [0.1, 0.15) is 52.9 Å². The summed E-state index contributed by atoms with van der Waals surface area (Å²) in [6.45, 7) is 8.48. The lowest BCUT2D eigenvalue weighted by Crippen LogP contribution is -2.49. The molecule has 0 N–H and O–H groups in total. The molecular weight excluding hydrogens is 256 g/mol. The number of rotatable bonds is 10. The van der Waals surface area contributed by atoms with Crippen molar-refractivity contribution in [3.05, 3.63) is 23.4 Å². The molecule has 1 aliphatic carbocycles. The Bertz CT molecular complexity index is 278. The molecule has 0 fully saturated rings. The summed E-state index contributed by atoms with van der Waals surface area (Å²) in [5, 5.41) is 1.24. The monoisotopic (exact) mass is 284 g/mol. The maximum absolute atomic E-state index is 6.11. The third kappa shape index (κ3) is 5.22. The minimum absolute atomic E-state index is 0.709. The van der Waals surface area contributed by atoms with Crippen LogP contribution in [0.5, 0.6) is 0 Å². The van der Waals surface area contributed by atoms with E-state index in [1.165, 1.54) is 5.20 Å². The van der Waals surface area contributed by atoms with Crippen LogP contribution in [-0.2, 0) is 13.3 Å². The summed E-state index contributed by atoms with van der Waals surface area (Å²) in [4.78, 5) is 0. The zero-order valence-corrected chi connectivity index (χ0v) is 13.6. The molecule has 0 saturated carbocycles. The Morgan fingerprint density at radius 1 is 0.947 bits per heavy atom. The predicted octanol–water partition coefficient (Wildman–Crippen LogP) is 4.02. The van der Waals surface area contributed by atoms with Gasteiger partial charge in [-0.15, -0.1) is 0 Å². The lowest BCUT2D eigenvalue weighted by Gasteiger charge is -2.32. The van der Waals surface area contributed by atoms with E-state index >= 15 is 0 Å². The van der Waals surface area contributed by atoms with Crippen LogP contribution in [0.25, 0.3) is 0 Å². The third-order valence-corrected chi connectivity index (χ3v) is 5.85. The van der Waals surface area contributed by atoms with E-state index in [-0.39, 0.29) is 0 Å². The highest BCUT2D eigenvalue weighted by Gasteiger charge is 2.45. The van der Waals surface area contributed by atoms with Gasteiger partial charge in [0.15, 0.2) is 0 Å². The first-order valence-corrected chi connectivity index (χ1v) is 9.29. The molecule has 19 heavy (non-hydrogen) atoms. The van der Waals surface area contributed by atoms with Gasteiger partial charge in [-0.3, -0.25) is 0 Å². The van der Waals surface area contributed by atoms with Gasteiger partial charge < -0.3 is 13.3 Å². The Hall–Kier alpha value is -0.423. The van der Waals surface area contributed by atoms with Crippen LogP contribution in [0.4, 0.5) is 0 Å². The zero-order valence-electron chi connectivity index (χ0n) is 12.6. The summed E-state index contributed by atoms with van der Waals surface area (Å²) in [5.41, 5.74) is 0. The molecule has 0 radical (unpaired) electrons. The highest BCUT2D eigenvalue weighted by atomic mass is 28.4. The topological polar surface area (TPSA) is 27.7 Å². The minimum Gasteiger partial charge on any atom is -0.370 e. The van der Waals surface area contributed by atoms with Gasteiger partial charge in [0.05, 0.1) is 0 Å². The first-order chi connectivity index (χ1) is 9.29. The van der Waals surface area contributed by atoms with E-state index in [9.17, 15) is 0 Å². The fourth-order valence-electron chi connectivity index (χ4n) is 1.97. The summed E-state index contributed by atoms with van der Waals surface area (Å²) >= 11 is 0. The van der Waals surface area contributed by atoms with Gasteiger partial charge >= 0.3 is 8.80 Å². The molecule has 0 bridgehead atoms. The van der Waals surface area contributed by atoms with Gasteiger partial charge in [-0.05, 0) is 32.1 Å². The van der Waals surface area contributed by atoms with Gasteiger partial charge in [0.2, 0.25) is 0 Å². The fourth-order valence-corrected chi connectivity index (χ4v) is 4.95. The SMILES string of the molecule is CCCO[Si](OCCC)(OCCC)C1=CC=CCC1. The summed E-state index contributed by atoms with van der Waals surface area (Å²) in [5.74, 6) is 0. The minimum atomic E-state index is -2.65. The highest BCUT2D eigenvalue weighted by Crippen LogP contribution is 2.27. The van der Waals surface area contributed by atoms with E-state index in [0.29, 0.717) is 19.8 Å². The molecule has 0 aromatic heterocycles. The lowest BCUT2D eigenvalue weighted by molar-refractivity contribution is 0.0673. The van der Waals surface area contributed by atoms with Crippen molar-refractivity contribution < 1.29 is 13.3 Å². The van der Waals surface area contributed by atoms with E-state index in [0.717, 1.165) is 32.1 Å². The number of allylic oxidation sites excluding steroid dienone is 4. The van der Waals surface area contributed by atoms with Crippen molar-refractivity contribution in [1.29, 1.82) is 0 Å².